The van der Waals surface area contributed by atoms with Gasteiger partial charge < -0.3 is 15.6 Å². The Kier molecular flexibility index (Phi) is 4.32. The Morgan fingerprint density at radius 1 is 1.56 bits per heavy atom. The Balaban J connectivity index is 3.10. The summed E-state index contributed by atoms with van der Waals surface area (Å²) < 4.78 is 6.00. The zero-order valence-electron chi connectivity index (χ0n) is 9.11. The summed E-state index contributed by atoms with van der Waals surface area (Å²) in [6, 6.07) is 4.77. The molecule has 88 valence electrons. The normalized spacial score (nSPS) is 14.2. The average Bonchev–Trinajstić information content (AvgIpc) is 2.26. The smallest absolute Gasteiger partial charge is 0.308 e. The number of rotatable bonds is 4. The summed E-state index contributed by atoms with van der Waals surface area (Å²) in [5, 5.41) is 8.91. The predicted molar refractivity (Wildman–Crippen MR) is 64.4 cm³/mol. The number of carboxylic acids is 1. The highest BCUT2D eigenvalue weighted by Crippen LogP contribution is 2.31. The summed E-state index contributed by atoms with van der Waals surface area (Å²) in [5.41, 5.74) is 6.59. The van der Waals surface area contributed by atoms with Gasteiger partial charge in [0, 0.05) is 16.1 Å². The SMILES string of the molecule is COc1ccc(Br)cc1C(N)C(C)C(=O)O. The van der Waals surface area contributed by atoms with E-state index < -0.39 is 17.9 Å². The van der Waals surface area contributed by atoms with Gasteiger partial charge in [-0.25, -0.2) is 0 Å². The molecule has 2 atom stereocenters. The number of ether oxygens (including phenoxy) is 1. The molecular formula is C11H14BrNO3. The Morgan fingerprint density at radius 2 is 2.19 bits per heavy atom. The molecule has 0 spiro atoms. The van der Waals surface area contributed by atoms with Crippen molar-refractivity contribution in [2.45, 2.75) is 13.0 Å². The molecule has 1 aromatic rings. The van der Waals surface area contributed by atoms with E-state index in [4.69, 9.17) is 15.6 Å². The first-order valence-corrected chi connectivity index (χ1v) is 5.58. The minimum absolute atomic E-state index is 0.593. The van der Waals surface area contributed by atoms with Gasteiger partial charge in [-0.05, 0) is 18.2 Å². The quantitative estimate of drug-likeness (QED) is 0.890. The molecule has 0 bridgehead atoms. The van der Waals surface area contributed by atoms with Gasteiger partial charge in [0.2, 0.25) is 0 Å². The first-order chi connectivity index (χ1) is 7.47. The van der Waals surface area contributed by atoms with Crippen LogP contribution in [-0.2, 0) is 4.79 Å². The number of benzene rings is 1. The third-order valence-corrected chi connectivity index (χ3v) is 2.97. The van der Waals surface area contributed by atoms with Crippen LogP contribution in [0.4, 0.5) is 0 Å². The number of nitrogens with two attached hydrogens (primary N) is 1. The van der Waals surface area contributed by atoms with E-state index >= 15 is 0 Å². The maximum Gasteiger partial charge on any atom is 0.308 e. The Bertz CT molecular complexity index is 395. The number of carbonyl (C=O) groups is 1. The summed E-state index contributed by atoms with van der Waals surface area (Å²) in [7, 11) is 1.53. The van der Waals surface area contributed by atoms with E-state index in [0.29, 0.717) is 11.3 Å². The monoisotopic (exact) mass is 287 g/mol. The van der Waals surface area contributed by atoms with Crippen LogP contribution in [0.15, 0.2) is 22.7 Å². The minimum atomic E-state index is -0.922. The van der Waals surface area contributed by atoms with Crippen molar-refractivity contribution in [2.24, 2.45) is 11.7 Å². The standard InChI is InChI=1S/C11H14BrNO3/c1-6(11(14)15)10(13)8-5-7(12)3-4-9(8)16-2/h3-6,10H,13H2,1-2H3,(H,14,15). The highest BCUT2D eigenvalue weighted by Gasteiger charge is 2.24. The Hall–Kier alpha value is -1.07. The van der Waals surface area contributed by atoms with Crippen LogP contribution >= 0.6 is 15.9 Å². The van der Waals surface area contributed by atoms with Crippen molar-refractivity contribution in [3.63, 3.8) is 0 Å². The van der Waals surface area contributed by atoms with E-state index in [1.807, 2.05) is 6.07 Å². The predicted octanol–water partition coefficient (Wildman–Crippen LogP) is 2.18. The van der Waals surface area contributed by atoms with Gasteiger partial charge in [-0.15, -0.1) is 0 Å². The van der Waals surface area contributed by atoms with Gasteiger partial charge in [0.05, 0.1) is 13.0 Å². The van der Waals surface area contributed by atoms with Gasteiger partial charge in [-0.3, -0.25) is 4.79 Å². The minimum Gasteiger partial charge on any atom is -0.496 e. The van der Waals surface area contributed by atoms with E-state index in [-0.39, 0.29) is 0 Å². The Labute approximate surface area is 103 Å². The lowest BCUT2D eigenvalue weighted by Crippen LogP contribution is -2.26. The molecular weight excluding hydrogens is 274 g/mol. The van der Waals surface area contributed by atoms with Crippen LogP contribution in [0.25, 0.3) is 0 Å². The maximum atomic E-state index is 10.9. The molecule has 0 fully saturated rings. The van der Waals surface area contributed by atoms with Gasteiger partial charge in [0.15, 0.2) is 0 Å². The van der Waals surface area contributed by atoms with Crippen molar-refractivity contribution in [3.05, 3.63) is 28.2 Å². The highest BCUT2D eigenvalue weighted by atomic mass is 79.9. The third kappa shape index (κ3) is 2.74. The third-order valence-electron chi connectivity index (χ3n) is 2.48. The number of carboxylic acid groups (broad SMARTS) is 1. The zero-order chi connectivity index (χ0) is 12.3. The molecule has 0 radical (unpaired) electrons. The number of hydrogen-bond donors (Lipinski definition) is 2. The van der Waals surface area contributed by atoms with E-state index in [9.17, 15) is 4.79 Å². The topological polar surface area (TPSA) is 72.5 Å². The summed E-state index contributed by atoms with van der Waals surface area (Å²) in [6.45, 7) is 1.58. The van der Waals surface area contributed by atoms with Gasteiger partial charge in [-0.1, -0.05) is 22.9 Å². The van der Waals surface area contributed by atoms with Crippen LogP contribution in [0, 0.1) is 5.92 Å². The second-order valence-electron chi connectivity index (χ2n) is 3.54. The molecule has 2 unspecified atom stereocenters. The highest BCUT2D eigenvalue weighted by molar-refractivity contribution is 9.10. The molecule has 3 N–H and O–H groups in total. The van der Waals surface area contributed by atoms with Crippen LogP contribution in [0.5, 0.6) is 5.75 Å². The van der Waals surface area contributed by atoms with Crippen molar-refractivity contribution >= 4 is 21.9 Å². The number of hydrogen-bond acceptors (Lipinski definition) is 3. The fourth-order valence-corrected chi connectivity index (χ4v) is 1.77. The summed E-state index contributed by atoms with van der Waals surface area (Å²) in [4.78, 5) is 10.9. The fourth-order valence-electron chi connectivity index (χ4n) is 1.39. The van der Waals surface area contributed by atoms with Crippen LogP contribution in [0.1, 0.15) is 18.5 Å². The summed E-state index contributed by atoms with van der Waals surface area (Å²) in [5.74, 6) is -0.985. The van der Waals surface area contributed by atoms with Gasteiger partial charge in [0.1, 0.15) is 5.75 Å². The second kappa shape index (κ2) is 5.32. The lowest BCUT2D eigenvalue weighted by molar-refractivity contribution is -0.141. The molecule has 4 nitrogen and oxygen atoms in total. The molecule has 1 aromatic carbocycles. The zero-order valence-corrected chi connectivity index (χ0v) is 10.7. The average molecular weight is 288 g/mol. The van der Waals surface area contributed by atoms with Crippen LogP contribution in [0.3, 0.4) is 0 Å². The van der Waals surface area contributed by atoms with Crippen molar-refractivity contribution in [2.75, 3.05) is 7.11 Å². The molecule has 0 saturated heterocycles. The van der Waals surface area contributed by atoms with E-state index in [2.05, 4.69) is 15.9 Å². The second-order valence-corrected chi connectivity index (χ2v) is 4.45. The van der Waals surface area contributed by atoms with Crippen molar-refractivity contribution < 1.29 is 14.6 Å². The van der Waals surface area contributed by atoms with Crippen molar-refractivity contribution in [3.8, 4) is 5.75 Å². The molecule has 5 heteroatoms. The van der Waals surface area contributed by atoms with Gasteiger partial charge in [-0.2, -0.15) is 0 Å². The lowest BCUT2D eigenvalue weighted by Gasteiger charge is -2.19. The first-order valence-electron chi connectivity index (χ1n) is 4.79. The van der Waals surface area contributed by atoms with Crippen LogP contribution in [0.2, 0.25) is 0 Å². The van der Waals surface area contributed by atoms with Gasteiger partial charge in [0.25, 0.3) is 0 Å². The summed E-state index contributed by atoms with van der Waals surface area (Å²) in [6.07, 6.45) is 0. The van der Waals surface area contributed by atoms with Crippen molar-refractivity contribution in [1.29, 1.82) is 0 Å². The maximum absolute atomic E-state index is 10.9. The van der Waals surface area contributed by atoms with E-state index in [1.54, 1.807) is 19.1 Å². The molecule has 0 aliphatic rings. The van der Waals surface area contributed by atoms with Crippen LogP contribution in [-0.4, -0.2) is 18.2 Å². The molecule has 1 rings (SSSR count). The molecule has 0 heterocycles. The molecule has 0 amide bonds. The lowest BCUT2D eigenvalue weighted by atomic mass is 9.95. The number of halogens is 1. The van der Waals surface area contributed by atoms with E-state index in [0.717, 1.165) is 4.47 Å². The summed E-state index contributed by atoms with van der Waals surface area (Å²) >= 11 is 3.32. The largest absolute Gasteiger partial charge is 0.496 e. The molecule has 0 saturated carbocycles. The van der Waals surface area contributed by atoms with Gasteiger partial charge >= 0.3 is 5.97 Å². The van der Waals surface area contributed by atoms with Crippen molar-refractivity contribution in [1.82, 2.24) is 0 Å². The molecule has 0 aliphatic heterocycles. The molecule has 0 aliphatic carbocycles. The fraction of sp³-hybridized carbons (Fsp3) is 0.364. The van der Waals surface area contributed by atoms with E-state index in [1.165, 1.54) is 7.11 Å². The van der Waals surface area contributed by atoms with Crippen LogP contribution < -0.4 is 10.5 Å². The number of aliphatic carboxylic acids is 1. The first kappa shape index (κ1) is 13.0. The molecule has 16 heavy (non-hydrogen) atoms. The molecule has 0 aromatic heterocycles. The number of methoxy groups -OCH3 is 1. The Morgan fingerprint density at radius 3 is 2.69 bits per heavy atom.